The van der Waals surface area contributed by atoms with Crippen molar-refractivity contribution in [1.82, 2.24) is 14.6 Å². The van der Waals surface area contributed by atoms with Crippen molar-refractivity contribution in [2.45, 2.75) is 26.2 Å². The van der Waals surface area contributed by atoms with E-state index in [9.17, 15) is 4.79 Å². The summed E-state index contributed by atoms with van der Waals surface area (Å²) in [4.78, 5) is 17.6. The van der Waals surface area contributed by atoms with Gasteiger partial charge in [-0.2, -0.15) is 4.98 Å². The normalized spacial score (nSPS) is 11.4. The predicted molar refractivity (Wildman–Crippen MR) is 129 cm³/mol. The van der Waals surface area contributed by atoms with Gasteiger partial charge in [0, 0.05) is 16.5 Å². The van der Waals surface area contributed by atoms with Gasteiger partial charge >= 0.3 is 0 Å². The third-order valence-corrected chi connectivity index (χ3v) is 5.87. The van der Waals surface area contributed by atoms with E-state index in [0.717, 1.165) is 28.3 Å². The summed E-state index contributed by atoms with van der Waals surface area (Å²) in [6, 6.07) is 13.3. The Morgan fingerprint density at radius 3 is 2.58 bits per heavy atom. The van der Waals surface area contributed by atoms with E-state index < -0.39 is 0 Å². The van der Waals surface area contributed by atoms with Crippen LogP contribution in [0.15, 0.2) is 47.8 Å². The first-order chi connectivity index (χ1) is 15.8. The largest absolute Gasteiger partial charge is 0.497 e. The van der Waals surface area contributed by atoms with Gasteiger partial charge in [-0.15, -0.1) is 16.4 Å². The SMILES string of the molecule is COc1cccc(-c2csc3nc(NC(=O)COc4ccc(OC)cc4C(C)(C)C)nn23)c1. The predicted octanol–water partition coefficient (Wildman–Crippen LogP) is 4.79. The van der Waals surface area contributed by atoms with Crippen LogP contribution in [0.1, 0.15) is 26.3 Å². The summed E-state index contributed by atoms with van der Waals surface area (Å²) in [5, 5.41) is 9.14. The molecule has 9 heteroatoms. The van der Waals surface area contributed by atoms with Crippen molar-refractivity contribution < 1.29 is 19.0 Å². The smallest absolute Gasteiger partial charge is 0.264 e. The van der Waals surface area contributed by atoms with Gasteiger partial charge in [0.2, 0.25) is 4.96 Å². The van der Waals surface area contributed by atoms with E-state index in [-0.39, 0.29) is 23.9 Å². The van der Waals surface area contributed by atoms with E-state index in [1.54, 1.807) is 18.7 Å². The molecule has 4 rings (SSSR count). The average Bonchev–Trinajstić information content (AvgIpc) is 3.37. The molecule has 0 saturated carbocycles. The van der Waals surface area contributed by atoms with Crippen LogP contribution in [0.5, 0.6) is 17.2 Å². The molecule has 2 aromatic heterocycles. The van der Waals surface area contributed by atoms with Crippen LogP contribution in [0.2, 0.25) is 0 Å². The first-order valence-corrected chi connectivity index (χ1v) is 11.3. The highest BCUT2D eigenvalue weighted by Gasteiger charge is 2.21. The highest BCUT2D eigenvalue weighted by molar-refractivity contribution is 7.15. The van der Waals surface area contributed by atoms with E-state index in [1.807, 2.05) is 47.8 Å². The Kier molecular flexibility index (Phi) is 6.24. The van der Waals surface area contributed by atoms with Crippen LogP contribution in [0.25, 0.3) is 16.2 Å². The summed E-state index contributed by atoms with van der Waals surface area (Å²) in [7, 11) is 3.25. The number of nitrogens with zero attached hydrogens (tertiary/aromatic N) is 3. The van der Waals surface area contributed by atoms with Crippen molar-refractivity contribution in [2.24, 2.45) is 0 Å². The number of carbonyl (C=O) groups excluding carboxylic acids is 1. The summed E-state index contributed by atoms with van der Waals surface area (Å²) in [5.74, 6) is 2.02. The number of nitrogens with one attached hydrogen (secondary N) is 1. The van der Waals surface area contributed by atoms with Gasteiger partial charge in [-0.05, 0) is 35.7 Å². The average molecular weight is 467 g/mol. The molecule has 2 heterocycles. The molecule has 0 bridgehead atoms. The summed E-state index contributed by atoms with van der Waals surface area (Å²) < 4.78 is 18.2. The Labute approximate surface area is 196 Å². The maximum atomic E-state index is 12.5. The maximum absolute atomic E-state index is 12.5. The number of aromatic nitrogens is 3. The highest BCUT2D eigenvalue weighted by atomic mass is 32.1. The fourth-order valence-electron chi connectivity index (χ4n) is 3.37. The molecule has 33 heavy (non-hydrogen) atoms. The van der Waals surface area contributed by atoms with E-state index in [4.69, 9.17) is 14.2 Å². The van der Waals surface area contributed by atoms with Gasteiger partial charge in [-0.1, -0.05) is 32.9 Å². The Morgan fingerprint density at radius 2 is 1.85 bits per heavy atom. The molecule has 2 aromatic carbocycles. The quantitative estimate of drug-likeness (QED) is 0.421. The number of hydrogen-bond donors (Lipinski definition) is 1. The lowest BCUT2D eigenvalue weighted by Gasteiger charge is -2.23. The lowest BCUT2D eigenvalue weighted by atomic mass is 9.86. The van der Waals surface area contributed by atoms with Crippen LogP contribution in [-0.4, -0.2) is 41.3 Å². The number of thiazole rings is 1. The molecule has 0 aliphatic heterocycles. The van der Waals surface area contributed by atoms with Crippen molar-refractivity contribution in [3.05, 3.63) is 53.4 Å². The molecule has 1 N–H and O–H groups in total. The topological polar surface area (TPSA) is 87.0 Å². The number of methoxy groups -OCH3 is 2. The minimum Gasteiger partial charge on any atom is -0.497 e. The first-order valence-electron chi connectivity index (χ1n) is 10.4. The van der Waals surface area contributed by atoms with Gasteiger partial charge in [0.1, 0.15) is 17.2 Å². The van der Waals surface area contributed by atoms with E-state index in [1.165, 1.54) is 11.3 Å². The van der Waals surface area contributed by atoms with Crippen LogP contribution < -0.4 is 19.5 Å². The van der Waals surface area contributed by atoms with Gasteiger partial charge in [-0.25, -0.2) is 4.52 Å². The maximum Gasteiger partial charge on any atom is 0.264 e. The number of ether oxygens (including phenoxy) is 3. The molecule has 8 nitrogen and oxygen atoms in total. The number of rotatable bonds is 7. The molecule has 0 fully saturated rings. The van der Waals surface area contributed by atoms with Crippen LogP contribution in [-0.2, 0) is 10.2 Å². The summed E-state index contributed by atoms with van der Waals surface area (Å²) in [6.07, 6.45) is 0. The van der Waals surface area contributed by atoms with E-state index in [2.05, 4.69) is 36.2 Å². The zero-order valence-corrected chi connectivity index (χ0v) is 20.0. The van der Waals surface area contributed by atoms with Gasteiger partial charge < -0.3 is 14.2 Å². The number of benzene rings is 2. The van der Waals surface area contributed by atoms with Gasteiger partial charge in [-0.3, -0.25) is 10.1 Å². The summed E-state index contributed by atoms with van der Waals surface area (Å²) in [6.45, 7) is 6.08. The molecule has 0 spiro atoms. The molecule has 0 aliphatic carbocycles. The molecule has 0 atom stereocenters. The Bertz CT molecular complexity index is 1290. The van der Waals surface area contributed by atoms with Gasteiger partial charge in [0.05, 0.1) is 19.9 Å². The number of amides is 1. The zero-order chi connectivity index (χ0) is 23.6. The molecule has 4 aromatic rings. The zero-order valence-electron chi connectivity index (χ0n) is 19.2. The fraction of sp³-hybridized carbons (Fsp3) is 0.292. The van der Waals surface area contributed by atoms with E-state index in [0.29, 0.717) is 10.7 Å². The third-order valence-electron chi connectivity index (χ3n) is 5.05. The lowest BCUT2D eigenvalue weighted by molar-refractivity contribution is -0.118. The Hall–Kier alpha value is -3.59. The molecule has 0 unspecified atom stereocenters. The standard InChI is InChI=1S/C24H26N4O4S/c1-24(2,3)18-12-17(31-5)9-10-20(18)32-13-21(29)25-22-26-23-28(27-22)19(14-33-23)15-7-6-8-16(11-15)30-4/h6-12,14H,13H2,1-5H3,(H,25,27,29). The number of carbonyl (C=O) groups is 1. The van der Waals surface area contributed by atoms with Crippen molar-refractivity contribution in [2.75, 3.05) is 26.1 Å². The number of anilines is 1. The minimum absolute atomic E-state index is 0.162. The molecule has 0 saturated heterocycles. The van der Waals surface area contributed by atoms with Crippen LogP contribution >= 0.6 is 11.3 Å². The van der Waals surface area contributed by atoms with Gasteiger partial charge in [0.25, 0.3) is 11.9 Å². The molecular formula is C24H26N4O4S. The molecule has 1 amide bonds. The Balaban J connectivity index is 1.47. The van der Waals surface area contributed by atoms with E-state index >= 15 is 0 Å². The third kappa shape index (κ3) is 4.93. The number of fused-ring (bicyclic) bond motifs is 1. The van der Waals surface area contributed by atoms with Crippen molar-refractivity contribution in [1.29, 1.82) is 0 Å². The van der Waals surface area contributed by atoms with Crippen LogP contribution in [0.3, 0.4) is 0 Å². The second-order valence-corrected chi connectivity index (χ2v) is 9.27. The monoisotopic (exact) mass is 466 g/mol. The minimum atomic E-state index is -0.341. The van der Waals surface area contributed by atoms with Crippen LogP contribution in [0, 0.1) is 0 Å². The summed E-state index contributed by atoms with van der Waals surface area (Å²) in [5.41, 5.74) is 2.59. The highest BCUT2D eigenvalue weighted by Crippen LogP contribution is 2.34. The fourth-order valence-corrected chi connectivity index (χ4v) is 4.20. The second kappa shape index (κ2) is 9.11. The van der Waals surface area contributed by atoms with Crippen molar-refractivity contribution in [3.8, 4) is 28.5 Å². The molecule has 0 aliphatic rings. The molecule has 0 radical (unpaired) electrons. The number of hydrogen-bond acceptors (Lipinski definition) is 7. The van der Waals surface area contributed by atoms with Crippen molar-refractivity contribution in [3.63, 3.8) is 0 Å². The second-order valence-electron chi connectivity index (χ2n) is 8.43. The molecule has 172 valence electrons. The lowest BCUT2D eigenvalue weighted by Crippen LogP contribution is -2.22. The summed E-state index contributed by atoms with van der Waals surface area (Å²) >= 11 is 1.44. The Morgan fingerprint density at radius 1 is 1.09 bits per heavy atom. The van der Waals surface area contributed by atoms with Crippen molar-refractivity contribution >= 4 is 28.2 Å². The first kappa shape index (κ1) is 22.6. The molecular weight excluding hydrogens is 440 g/mol. The van der Waals surface area contributed by atoms with Gasteiger partial charge in [0.15, 0.2) is 6.61 Å². The van der Waals surface area contributed by atoms with Crippen LogP contribution in [0.4, 0.5) is 5.95 Å².